The van der Waals surface area contributed by atoms with Crippen molar-refractivity contribution in [3.63, 3.8) is 0 Å². The lowest BCUT2D eigenvalue weighted by atomic mass is 9.83. The minimum atomic E-state index is -0.741. The topological polar surface area (TPSA) is 200 Å². The first kappa shape index (κ1) is 56.8. The molecule has 414 valence electrons. The summed E-state index contributed by atoms with van der Waals surface area (Å²) in [5, 5.41) is 18.0. The smallest absolute Gasteiger partial charge is 0.246 e. The molecular weight excluding hydrogens is 1020 g/mol. The molecule has 0 saturated carbocycles. The quantitative estimate of drug-likeness (QED) is 0.125. The molecule has 16 nitrogen and oxygen atoms in total. The average molecular weight is 1100 g/mol. The molecule has 2 aliphatic carbocycles. The van der Waals surface area contributed by atoms with Gasteiger partial charge in [-0.15, -0.1) is 23.5 Å². The zero-order valence-corrected chi connectivity index (χ0v) is 47.5. The minimum Gasteiger partial charge on any atom is -0.363 e. The monoisotopic (exact) mass is 1100 g/mol. The fraction of sp³-hybridized carbons (Fsp3) is 0.533. The van der Waals surface area contributed by atoms with Crippen LogP contribution in [0.2, 0.25) is 0 Å². The number of thioether (sulfide) groups is 2. The highest BCUT2D eigenvalue weighted by Crippen LogP contribution is 2.48. The molecule has 18 heteroatoms. The van der Waals surface area contributed by atoms with Crippen molar-refractivity contribution in [3.05, 3.63) is 106 Å². The predicted molar refractivity (Wildman–Crippen MR) is 302 cm³/mol. The number of hydrogen-bond acceptors (Lipinski definition) is 12. The van der Waals surface area contributed by atoms with Gasteiger partial charge in [-0.25, -0.2) is 0 Å². The normalized spacial score (nSPS) is 28.2. The molecule has 4 heterocycles. The molecule has 0 radical (unpaired) electrons. The van der Waals surface area contributed by atoms with Crippen molar-refractivity contribution in [1.29, 1.82) is 0 Å². The summed E-state index contributed by atoms with van der Waals surface area (Å²) in [6, 6.07) is 18.9. The fourth-order valence-electron chi connectivity index (χ4n) is 12.0. The lowest BCUT2D eigenvalue weighted by Gasteiger charge is -2.35. The molecule has 9 rings (SSSR count). The number of hydrogen-bond donors (Lipinski definition) is 6. The van der Waals surface area contributed by atoms with E-state index in [0.717, 1.165) is 33.4 Å². The van der Waals surface area contributed by atoms with Gasteiger partial charge in [-0.1, -0.05) is 99.9 Å². The van der Waals surface area contributed by atoms with E-state index >= 15 is 0 Å². The zero-order valence-electron chi connectivity index (χ0n) is 45.9. The van der Waals surface area contributed by atoms with Gasteiger partial charge in [0, 0.05) is 24.0 Å². The van der Waals surface area contributed by atoms with Crippen molar-refractivity contribution in [3.8, 4) is 23.7 Å². The first-order chi connectivity index (χ1) is 37.4. The third kappa shape index (κ3) is 12.1. The first-order valence-electron chi connectivity index (χ1n) is 27.3. The third-order valence-corrected chi connectivity index (χ3v) is 18.9. The number of rotatable bonds is 14. The summed E-state index contributed by atoms with van der Waals surface area (Å²) in [6.45, 7) is 11.9. The minimum absolute atomic E-state index is 0.131. The predicted octanol–water partition coefficient (Wildman–Crippen LogP) is 4.35. The molecule has 6 amide bonds. The summed E-state index contributed by atoms with van der Waals surface area (Å²) in [5.74, 6) is 12.7. The highest BCUT2D eigenvalue weighted by atomic mass is 32.2. The summed E-state index contributed by atoms with van der Waals surface area (Å²) in [7, 11) is 3.40. The van der Waals surface area contributed by atoms with Crippen LogP contribution in [0, 0.1) is 34.5 Å². The number of likely N-dealkylation sites (N-methyl/N-ethyl adjacent to an activating group) is 2. The molecule has 6 N–H and O–H groups in total. The summed E-state index contributed by atoms with van der Waals surface area (Å²) >= 11 is 3.33. The number of fused-ring (bicyclic) bond motifs is 4. The second-order valence-corrected chi connectivity index (χ2v) is 25.3. The van der Waals surface area contributed by atoms with Gasteiger partial charge < -0.3 is 51.2 Å². The van der Waals surface area contributed by atoms with E-state index < -0.39 is 59.2 Å². The van der Waals surface area contributed by atoms with Crippen molar-refractivity contribution >= 4 is 59.0 Å². The molecule has 6 aliphatic rings. The Kier molecular flexibility index (Phi) is 17.7. The highest BCUT2D eigenvalue weighted by molar-refractivity contribution is 8.00. The summed E-state index contributed by atoms with van der Waals surface area (Å²) in [4.78, 5) is 86.7. The number of amides is 6. The fourth-order valence-corrected chi connectivity index (χ4v) is 15.2. The van der Waals surface area contributed by atoms with Crippen molar-refractivity contribution < 1.29 is 38.2 Å². The van der Waals surface area contributed by atoms with Gasteiger partial charge in [0.2, 0.25) is 35.4 Å². The molecule has 4 aliphatic heterocycles. The molecular formula is C60H74N8O8S2. The summed E-state index contributed by atoms with van der Waals surface area (Å²) in [5.41, 5.74) is 4.67. The number of carbonyl (C=O) groups excluding carboxylic acids is 6. The van der Waals surface area contributed by atoms with E-state index in [1.165, 1.54) is 0 Å². The molecule has 0 spiro atoms. The maximum Gasteiger partial charge on any atom is 0.246 e. The standard InChI is InChI=1S/C60H74N8O8S2/c1-35(61-7)53(69)63-43-25-29-77-47-33-59(3,4)51(67(47)57(43)73)55(71)65-49-41-19-11-9-17-39(41)31-45(49)75-27-13-15-37-21-23-38(24-22-37)16-14-28-76-46-32-40-18-10-12-20-42(40)50(46)66-56(72)52-60(5,6)34-48-68(52)58(74)44(26-30-78-48)64-54(70)36(2)62-8/h9-12,17-24,35-36,43-52,61-62H,25-34H2,1-8H3,(H,63,69)(H,64,70)(H,65,71)(H,66,72)/t35-,36-,43-,44-,45+,46+,47-,48-,49-,50-,51+,52+/m0/s1. The van der Waals surface area contributed by atoms with Crippen molar-refractivity contribution in [2.45, 2.75) is 151 Å². The van der Waals surface area contributed by atoms with Crippen LogP contribution in [0.25, 0.3) is 0 Å². The van der Waals surface area contributed by atoms with Crippen molar-refractivity contribution in [1.82, 2.24) is 41.7 Å². The van der Waals surface area contributed by atoms with Crippen LogP contribution in [-0.2, 0) is 51.1 Å². The summed E-state index contributed by atoms with van der Waals surface area (Å²) < 4.78 is 12.9. The van der Waals surface area contributed by atoms with Gasteiger partial charge in [0.1, 0.15) is 37.4 Å². The number of nitrogens with zero attached hydrogens (tertiary/aromatic N) is 2. The van der Waals surface area contributed by atoms with Crippen LogP contribution in [0.3, 0.4) is 0 Å². The lowest BCUT2D eigenvalue weighted by molar-refractivity contribution is -0.144. The second-order valence-electron chi connectivity index (χ2n) is 22.7. The zero-order chi connectivity index (χ0) is 55.5. The molecule has 0 aromatic heterocycles. The van der Waals surface area contributed by atoms with Crippen LogP contribution < -0.4 is 31.9 Å². The molecule has 4 saturated heterocycles. The van der Waals surface area contributed by atoms with Crippen LogP contribution in [0.5, 0.6) is 0 Å². The van der Waals surface area contributed by atoms with E-state index in [0.29, 0.717) is 50.0 Å². The molecule has 3 aromatic carbocycles. The second kappa shape index (κ2) is 24.2. The van der Waals surface area contributed by atoms with Gasteiger partial charge in [-0.3, -0.25) is 28.8 Å². The average Bonchev–Trinajstić information content (AvgIpc) is 4.17. The van der Waals surface area contributed by atoms with Gasteiger partial charge >= 0.3 is 0 Å². The maximum absolute atomic E-state index is 14.6. The highest BCUT2D eigenvalue weighted by Gasteiger charge is 2.57. The Morgan fingerprint density at radius 3 is 1.37 bits per heavy atom. The molecule has 4 fully saturated rings. The van der Waals surface area contributed by atoms with Gasteiger partial charge in [0.05, 0.1) is 47.1 Å². The molecule has 0 unspecified atom stereocenters. The lowest BCUT2D eigenvalue weighted by Crippen LogP contribution is -2.58. The first-order valence-corrected chi connectivity index (χ1v) is 29.4. The van der Waals surface area contributed by atoms with E-state index in [1.54, 1.807) is 61.3 Å². The van der Waals surface area contributed by atoms with E-state index in [2.05, 4.69) is 55.6 Å². The maximum atomic E-state index is 14.6. The third-order valence-electron chi connectivity index (χ3n) is 16.4. The number of nitrogens with one attached hydrogen (secondary N) is 6. The Bertz CT molecular complexity index is 2700. The van der Waals surface area contributed by atoms with Crippen molar-refractivity contribution in [2.24, 2.45) is 10.8 Å². The molecule has 78 heavy (non-hydrogen) atoms. The van der Waals surface area contributed by atoms with Crippen molar-refractivity contribution in [2.75, 3.05) is 38.8 Å². The van der Waals surface area contributed by atoms with Gasteiger partial charge in [-0.05, 0) is 122 Å². The van der Waals surface area contributed by atoms with Gasteiger partial charge in [-0.2, -0.15) is 0 Å². The molecule has 0 bridgehead atoms. The van der Waals surface area contributed by atoms with E-state index in [9.17, 15) is 28.8 Å². The van der Waals surface area contributed by atoms with Gasteiger partial charge in [0.15, 0.2) is 0 Å². The Balaban J connectivity index is 0.803. The molecule has 3 aromatic rings. The number of benzene rings is 3. The SMILES string of the molecule is CN[C@@H](C)C(=O)N[C@H]1CCS[C@H]2CC(C)(C)[C@@H](C(=O)N[C@H]3c4ccccc4C[C@H]3OCC#Cc3ccc(C#CCO[C@@H]4Cc5ccccc5[C@@H]4NC(=O)[C@H]4N5C(=O)[C@@H](NC(=O)[C@H](C)NC)CCS[C@H]5CC4(C)C)cc3)N2C1=O. The summed E-state index contributed by atoms with van der Waals surface area (Å²) in [6.07, 6.45) is 2.72. The Morgan fingerprint density at radius 2 is 0.987 bits per heavy atom. The van der Waals surface area contributed by atoms with Gasteiger partial charge in [0.25, 0.3) is 0 Å². The van der Waals surface area contributed by atoms with Crippen LogP contribution in [0.15, 0.2) is 72.8 Å². The molecule has 12 atom stereocenters. The van der Waals surface area contributed by atoms with E-state index in [-0.39, 0.29) is 71.6 Å². The van der Waals surface area contributed by atoms with Crippen LogP contribution in [0.4, 0.5) is 0 Å². The largest absolute Gasteiger partial charge is 0.363 e. The van der Waals surface area contributed by atoms with Crippen LogP contribution in [0.1, 0.15) is 113 Å². The Hall–Kier alpha value is -5.86. The van der Waals surface area contributed by atoms with E-state index in [4.69, 9.17) is 9.47 Å². The number of carbonyl (C=O) groups is 6. The van der Waals surface area contributed by atoms with E-state index in [1.807, 2.05) is 100 Å². The van der Waals surface area contributed by atoms with Crippen LogP contribution >= 0.6 is 23.5 Å². The van der Waals surface area contributed by atoms with Crippen LogP contribution in [-0.4, -0.2) is 143 Å². The number of ether oxygens (including phenoxy) is 2. The Labute approximate surface area is 467 Å². The Morgan fingerprint density at radius 1 is 0.603 bits per heavy atom.